The molecule has 0 aliphatic rings. The molecule has 0 aromatic carbocycles. The quantitative estimate of drug-likeness (QED) is 0.721. The Morgan fingerprint density at radius 2 is 2.14 bits per heavy atom. The average Bonchev–Trinajstić information content (AvgIpc) is 2.16. The molecular weight excluding hydrogens is 174 g/mol. The van der Waals surface area contributed by atoms with Crippen LogP contribution in [0.2, 0.25) is 0 Å². The van der Waals surface area contributed by atoms with Gasteiger partial charge in [0.05, 0.1) is 11.4 Å². The normalized spacial score (nSPS) is 10.4. The maximum absolute atomic E-state index is 7.61. The zero-order valence-corrected chi connectivity index (χ0v) is 9.18. The molecule has 14 heavy (non-hydrogen) atoms. The van der Waals surface area contributed by atoms with Crippen molar-refractivity contribution in [3.05, 3.63) is 23.5 Å². The van der Waals surface area contributed by atoms with Crippen molar-refractivity contribution >= 4 is 11.4 Å². The van der Waals surface area contributed by atoms with E-state index >= 15 is 0 Å². The van der Waals surface area contributed by atoms with E-state index < -0.39 is 0 Å². The van der Waals surface area contributed by atoms with Crippen LogP contribution in [0.1, 0.15) is 37.9 Å². The maximum atomic E-state index is 7.61. The summed E-state index contributed by atoms with van der Waals surface area (Å²) in [4.78, 5) is 4.21. The van der Waals surface area contributed by atoms with Crippen LogP contribution in [-0.4, -0.2) is 17.7 Å². The van der Waals surface area contributed by atoms with Crippen molar-refractivity contribution in [1.82, 2.24) is 4.98 Å². The number of rotatable bonds is 3. The molecule has 3 nitrogen and oxygen atoms in total. The van der Waals surface area contributed by atoms with Crippen molar-refractivity contribution in [3.8, 4) is 0 Å². The van der Waals surface area contributed by atoms with E-state index in [0.29, 0.717) is 11.6 Å². The molecule has 1 aromatic rings. The Labute approximate surface area is 85.1 Å². The highest BCUT2D eigenvalue weighted by Crippen LogP contribution is 2.25. The second-order valence-electron chi connectivity index (χ2n) is 3.65. The van der Waals surface area contributed by atoms with Crippen LogP contribution in [0, 0.1) is 5.41 Å². The van der Waals surface area contributed by atoms with Gasteiger partial charge in [-0.3, -0.25) is 4.98 Å². The van der Waals surface area contributed by atoms with Gasteiger partial charge in [-0.1, -0.05) is 13.8 Å². The Bertz CT molecular complexity index is 342. The summed E-state index contributed by atoms with van der Waals surface area (Å²) in [5, 5.41) is 10.7. The van der Waals surface area contributed by atoms with Crippen LogP contribution in [0.15, 0.2) is 12.3 Å². The summed E-state index contributed by atoms with van der Waals surface area (Å²) in [7, 11) is 1.87. The minimum absolute atomic E-state index is 0.443. The van der Waals surface area contributed by atoms with Gasteiger partial charge >= 0.3 is 0 Å². The van der Waals surface area contributed by atoms with Crippen LogP contribution in [0.4, 0.5) is 5.69 Å². The first-order chi connectivity index (χ1) is 6.57. The molecule has 0 amide bonds. The molecule has 0 atom stereocenters. The summed E-state index contributed by atoms with van der Waals surface area (Å²) < 4.78 is 0. The molecule has 1 heterocycles. The smallest absolute Gasteiger partial charge is 0.107 e. The van der Waals surface area contributed by atoms with Crippen molar-refractivity contribution in [2.75, 3.05) is 12.4 Å². The van der Waals surface area contributed by atoms with E-state index in [9.17, 15) is 0 Å². The highest BCUT2D eigenvalue weighted by Gasteiger charge is 2.11. The van der Waals surface area contributed by atoms with Gasteiger partial charge in [0.2, 0.25) is 0 Å². The lowest BCUT2D eigenvalue weighted by molar-refractivity contribution is 0.864. The van der Waals surface area contributed by atoms with Crippen LogP contribution in [-0.2, 0) is 0 Å². The van der Waals surface area contributed by atoms with E-state index in [1.165, 1.54) is 5.56 Å². The van der Waals surface area contributed by atoms with Gasteiger partial charge in [-0.05, 0) is 24.5 Å². The Morgan fingerprint density at radius 3 is 2.57 bits per heavy atom. The van der Waals surface area contributed by atoms with Gasteiger partial charge in [-0.15, -0.1) is 0 Å². The molecule has 0 aliphatic heterocycles. The second-order valence-corrected chi connectivity index (χ2v) is 3.65. The topological polar surface area (TPSA) is 48.8 Å². The number of nitrogens with zero attached hydrogens (tertiary/aromatic N) is 1. The Hall–Kier alpha value is -1.38. The molecular formula is C11H17N3. The van der Waals surface area contributed by atoms with Crippen molar-refractivity contribution < 1.29 is 0 Å². The molecule has 0 unspecified atom stereocenters. The van der Waals surface area contributed by atoms with E-state index in [4.69, 9.17) is 5.41 Å². The van der Waals surface area contributed by atoms with Gasteiger partial charge in [0.1, 0.15) is 5.69 Å². The maximum Gasteiger partial charge on any atom is 0.107 e. The van der Waals surface area contributed by atoms with E-state index in [2.05, 4.69) is 24.1 Å². The number of hydrogen-bond donors (Lipinski definition) is 2. The zero-order valence-electron chi connectivity index (χ0n) is 9.18. The monoisotopic (exact) mass is 191 g/mol. The second kappa shape index (κ2) is 4.22. The van der Waals surface area contributed by atoms with Crippen LogP contribution >= 0.6 is 0 Å². The van der Waals surface area contributed by atoms with E-state index in [1.54, 1.807) is 13.1 Å². The molecule has 76 valence electrons. The Kier molecular flexibility index (Phi) is 3.23. The van der Waals surface area contributed by atoms with Gasteiger partial charge in [0, 0.05) is 13.2 Å². The van der Waals surface area contributed by atoms with Gasteiger partial charge in [-0.2, -0.15) is 0 Å². The largest absolute Gasteiger partial charge is 0.386 e. The lowest BCUT2D eigenvalue weighted by Crippen LogP contribution is -2.07. The number of nitrogens with one attached hydrogen (secondary N) is 2. The Balaban J connectivity index is 3.32. The molecule has 1 rings (SSSR count). The fraction of sp³-hybridized carbons (Fsp3) is 0.455. The molecule has 2 N–H and O–H groups in total. The third-order valence-corrected chi connectivity index (χ3v) is 2.21. The molecule has 3 heteroatoms. The van der Waals surface area contributed by atoms with Crippen LogP contribution in [0.3, 0.4) is 0 Å². The number of pyridine rings is 1. The first-order valence-corrected chi connectivity index (χ1v) is 4.80. The highest BCUT2D eigenvalue weighted by molar-refractivity contribution is 6.00. The predicted molar refractivity (Wildman–Crippen MR) is 60.4 cm³/mol. The summed E-state index contributed by atoms with van der Waals surface area (Å²) >= 11 is 0. The summed E-state index contributed by atoms with van der Waals surface area (Å²) in [6.07, 6.45) is 1.77. The third-order valence-electron chi connectivity index (χ3n) is 2.21. The predicted octanol–water partition coefficient (Wildman–Crippen LogP) is 2.63. The SMILES string of the molecule is CNc1c(C(C)C)ccnc1C(C)=N. The zero-order chi connectivity index (χ0) is 10.7. The van der Waals surface area contributed by atoms with E-state index in [-0.39, 0.29) is 0 Å². The van der Waals surface area contributed by atoms with Crippen LogP contribution in [0.25, 0.3) is 0 Å². The van der Waals surface area contributed by atoms with Crippen LogP contribution < -0.4 is 5.32 Å². The van der Waals surface area contributed by atoms with Crippen molar-refractivity contribution in [3.63, 3.8) is 0 Å². The van der Waals surface area contributed by atoms with Crippen molar-refractivity contribution in [2.24, 2.45) is 0 Å². The van der Waals surface area contributed by atoms with Crippen molar-refractivity contribution in [2.45, 2.75) is 26.7 Å². The Morgan fingerprint density at radius 1 is 1.50 bits per heavy atom. The van der Waals surface area contributed by atoms with Crippen LogP contribution in [0.5, 0.6) is 0 Å². The number of hydrogen-bond acceptors (Lipinski definition) is 3. The van der Waals surface area contributed by atoms with E-state index in [1.807, 2.05) is 13.1 Å². The fourth-order valence-electron chi connectivity index (χ4n) is 1.50. The molecule has 0 fully saturated rings. The van der Waals surface area contributed by atoms with Gasteiger partial charge in [0.15, 0.2) is 0 Å². The highest BCUT2D eigenvalue weighted by atomic mass is 14.9. The first kappa shape index (κ1) is 10.7. The van der Waals surface area contributed by atoms with Gasteiger partial charge in [-0.25, -0.2) is 0 Å². The summed E-state index contributed by atoms with van der Waals surface area (Å²) in [5.41, 5.74) is 3.44. The third kappa shape index (κ3) is 1.92. The van der Waals surface area contributed by atoms with Crippen molar-refractivity contribution in [1.29, 1.82) is 5.41 Å². The molecule has 1 aromatic heterocycles. The molecule has 0 bridgehead atoms. The van der Waals surface area contributed by atoms with E-state index in [0.717, 1.165) is 11.4 Å². The molecule has 0 saturated carbocycles. The molecule has 0 radical (unpaired) electrons. The van der Waals surface area contributed by atoms with Gasteiger partial charge < -0.3 is 10.7 Å². The molecule has 0 aliphatic carbocycles. The number of anilines is 1. The standard InChI is InChI=1S/C11H17N3/c1-7(2)9-5-6-14-10(8(3)12)11(9)13-4/h5-7,12-13H,1-4H3. The molecule has 0 spiro atoms. The number of aromatic nitrogens is 1. The lowest BCUT2D eigenvalue weighted by Gasteiger charge is -2.15. The fourth-order valence-corrected chi connectivity index (χ4v) is 1.50. The van der Waals surface area contributed by atoms with Gasteiger partial charge in [0.25, 0.3) is 0 Å². The summed E-state index contributed by atoms with van der Waals surface area (Å²) in [6.45, 7) is 6.03. The summed E-state index contributed by atoms with van der Waals surface area (Å²) in [5.74, 6) is 0.443. The minimum atomic E-state index is 0.443. The first-order valence-electron chi connectivity index (χ1n) is 4.80. The summed E-state index contributed by atoms with van der Waals surface area (Å²) in [6, 6.07) is 2.00. The lowest BCUT2D eigenvalue weighted by atomic mass is 10.00. The molecule has 0 saturated heterocycles. The average molecular weight is 191 g/mol. The minimum Gasteiger partial charge on any atom is -0.386 e.